The van der Waals surface area contributed by atoms with Gasteiger partial charge < -0.3 is 14.2 Å². The number of halogens is 1. The first-order chi connectivity index (χ1) is 15.1. The molecule has 0 N–H and O–H groups in total. The first-order valence-corrected chi connectivity index (χ1v) is 11.0. The Morgan fingerprint density at radius 1 is 1.03 bits per heavy atom. The van der Waals surface area contributed by atoms with Crippen LogP contribution in [0.15, 0.2) is 47.5 Å². The maximum Gasteiger partial charge on any atom is 0.254 e. The summed E-state index contributed by atoms with van der Waals surface area (Å²) in [4.78, 5) is 30.5. The van der Waals surface area contributed by atoms with Crippen molar-refractivity contribution in [3.8, 4) is 11.3 Å². The summed E-state index contributed by atoms with van der Waals surface area (Å²) in [5.74, 6) is 1.56. The Bertz CT molecular complexity index is 1050. The number of aromatic nitrogens is 3. The van der Waals surface area contributed by atoms with Crippen molar-refractivity contribution < 1.29 is 9.21 Å². The lowest BCUT2D eigenvalue weighted by Crippen LogP contribution is -2.48. The molecule has 7 nitrogen and oxygen atoms in total. The van der Waals surface area contributed by atoms with Crippen molar-refractivity contribution in [3.05, 3.63) is 59.3 Å². The summed E-state index contributed by atoms with van der Waals surface area (Å²) in [6.07, 6.45) is 8.68. The summed E-state index contributed by atoms with van der Waals surface area (Å²) >= 11 is 5.90. The van der Waals surface area contributed by atoms with E-state index in [1.807, 2.05) is 31.2 Å². The molecule has 0 radical (unpaired) electrons. The van der Waals surface area contributed by atoms with Gasteiger partial charge in [-0.2, -0.15) is 0 Å². The minimum absolute atomic E-state index is 0.115. The number of oxazole rings is 1. The van der Waals surface area contributed by atoms with Crippen LogP contribution in [0.3, 0.4) is 0 Å². The predicted molar refractivity (Wildman–Crippen MR) is 118 cm³/mol. The quantitative estimate of drug-likeness (QED) is 0.590. The maximum absolute atomic E-state index is 13.4. The number of nitrogens with zero attached hydrogens (tertiary/aromatic N) is 5. The van der Waals surface area contributed by atoms with E-state index < -0.39 is 0 Å². The van der Waals surface area contributed by atoms with Gasteiger partial charge in [-0.1, -0.05) is 23.7 Å². The smallest absolute Gasteiger partial charge is 0.254 e. The van der Waals surface area contributed by atoms with Gasteiger partial charge in [0.2, 0.25) is 5.95 Å². The van der Waals surface area contributed by atoms with Crippen molar-refractivity contribution in [3.63, 3.8) is 0 Å². The average molecular weight is 438 g/mol. The summed E-state index contributed by atoms with van der Waals surface area (Å²) in [5, 5.41) is 0.536. The fraction of sp³-hybridized carbons (Fsp3) is 0.391. The average Bonchev–Trinajstić information content (AvgIpc) is 3.54. The number of carbonyl (C=O) groups is 1. The number of carbonyl (C=O) groups excluding carboxylic acids is 1. The van der Waals surface area contributed by atoms with E-state index in [1.54, 1.807) is 12.4 Å². The van der Waals surface area contributed by atoms with E-state index in [9.17, 15) is 4.79 Å². The van der Waals surface area contributed by atoms with Crippen molar-refractivity contribution in [2.45, 2.75) is 44.7 Å². The van der Waals surface area contributed by atoms with E-state index >= 15 is 0 Å². The number of anilines is 1. The molecule has 31 heavy (non-hydrogen) atoms. The standard InChI is InChI=1S/C23H24ClN5O2/c1-15-21(31-14-27-15)16-2-4-17(5-3-16)22(30)29(19-6-7-19)20-8-10-28(11-9-20)23-25-12-18(24)13-26-23/h2-5,12-14,19-20H,6-11H2,1H3. The highest BCUT2D eigenvalue weighted by atomic mass is 35.5. The number of rotatable bonds is 5. The molecule has 0 unspecified atom stereocenters. The third kappa shape index (κ3) is 4.14. The van der Waals surface area contributed by atoms with Crippen LogP contribution in [0.4, 0.5) is 5.95 Å². The zero-order valence-electron chi connectivity index (χ0n) is 17.4. The zero-order chi connectivity index (χ0) is 21.4. The molecule has 0 bridgehead atoms. The van der Waals surface area contributed by atoms with Crippen LogP contribution in [0.2, 0.25) is 5.02 Å². The molecule has 0 spiro atoms. The first kappa shape index (κ1) is 20.0. The molecular weight excluding hydrogens is 414 g/mol. The lowest BCUT2D eigenvalue weighted by Gasteiger charge is -2.39. The van der Waals surface area contributed by atoms with Gasteiger partial charge in [0.05, 0.1) is 23.1 Å². The molecule has 3 heterocycles. The topological polar surface area (TPSA) is 75.4 Å². The number of benzene rings is 1. The second-order valence-corrected chi connectivity index (χ2v) is 8.64. The van der Waals surface area contributed by atoms with Crippen molar-refractivity contribution in [2.24, 2.45) is 0 Å². The lowest BCUT2D eigenvalue weighted by molar-refractivity contribution is 0.0630. The minimum atomic E-state index is 0.115. The molecule has 8 heteroatoms. The van der Waals surface area contributed by atoms with Gasteiger partial charge in [-0.3, -0.25) is 4.79 Å². The SMILES string of the molecule is Cc1ncoc1-c1ccc(C(=O)N(C2CC2)C2CCN(c3ncc(Cl)cn3)CC2)cc1. The molecule has 0 atom stereocenters. The first-order valence-electron chi connectivity index (χ1n) is 10.7. The second kappa shape index (κ2) is 8.30. The normalized spacial score (nSPS) is 17.0. The molecule has 2 fully saturated rings. The molecule has 1 saturated heterocycles. The number of aryl methyl sites for hydroxylation is 1. The van der Waals surface area contributed by atoms with Gasteiger partial charge in [0, 0.05) is 36.3 Å². The number of amides is 1. The van der Waals surface area contributed by atoms with E-state index in [0.29, 0.717) is 17.0 Å². The van der Waals surface area contributed by atoms with Crippen LogP contribution < -0.4 is 4.90 Å². The highest BCUT2D eigenvalue weighted by Gasteiger charge is 2.39. The van der Waals surface area contributed by atoms with Crippen molar-refractivity contribution in [2.75, 3.05) is 18.0 Å². The van der Waals surface area contributed by atoms with E-state index in [4.69, 9.17) is 16.0 Å². The van der Waals surface area contributed by atoms with Gasteiger partial charge in [-0.15, -0.1) is 0 Å². The van der Waals surface area contributed by atoms with E-state index in [2.05, 4.69) is 24.8 Å². The molecule has 2 aromatic heterocycles. The van der Waals surface area contributed by atoms with E-state index in [0.717, 1.165) is 61.4 Å². The predicted octanol–water partition coefficient (Wildman–Crippen LogP) is 4.37. The molecular formula is C23H24ClN5O2. The van der Waals surface area contributed by atoms with Crippen LogP contribution in [-0.2, 0) is 0 Å². The molecule has 1 aliphatic heterocycles. The van der Waals surface area contributed by atoms with Gasteiger partial charge in [0.25, 0.3) is 5.91 Å². The maximum atomic E-state index is 13.4. The Kier molecular flexibility index (Phi) is 5.36. The Labute approximate surface area is 186 Å². The Morgan fingerprint density at radius 3 is 2.26 bits per heavy atom. The van der Waals surface area contributed by atoms with E-state index in [-0.39, 0.29) is 11.9 Å². The monoisotopic (exact) mass is 437 g/mol. The fourth-order valence-electron chi connectivity index (χ4n) is 4.29. The van der Waals surface area contributed by atoms with Gasteiger partial charge in [-0.25, -0.2) is 15.0 Å². The number of hydrogen-bond acceptors (Lipinski definition) is 6. The van der Waals surface area contributed by atoms with Crippen LogP contribution in [0.5, 0.6) is 0 Å². The zero-order valence-corrected chi connectivity index (χ0v) is 18.1. The molecule has 2 aliphatic rings. The molecule has 1 amide bonds. The van der Waals surface area contributed by atoms with Crippen LogP contribution in [0.1, 0.15) is 41.7 Å². The van der Waals surface area contributed by atoms with Crippen molar-refractivity contribution in [1.29, 1.82) is 0 Å². The van der Waals surface area contributed by atoms with Crippen molar-refractivity contribution >= 4 is 23.5 Å². The number of piperidine rings is 1. The Morgan fingerprint density at radius 2 is 1.68 bits per heavy atom. The Hall–Kier alpha value is -2.93. The van der Waals surface area contributed by atoms with Crippen molar-refractivity contribution in [1.82, 2.24) is 19.9 Å². The summed E-state index contributed by atoms with van der Waals surface area (Å²) < 4.78 is 5.47. The largest absolute Gasteiger partial charge is 0.443 e. The van der Waals surface area contributed by atoms with Gasteiger partial charge in [-0.05, 0) is 44.7 Å². The Balaban J connectivity index is 1.28. The van der Waals surface area contributed by atoms with Crippen LogP contribution >= 0.6 is 11.6 Å². The molecule has 1 aromatic carbocycles. The minimum Gasteiger partial charge on any atom is -0.443 e. The third-order valence-corrected chi connectivity index (χ3v) is 6.26. The van der Waals surface area contributed by atoms with E-state index in [1.165, 1.54) is 6.39 Å². The summed E-state index contributed by atoms with van der Waals surface area (Å²) in [6.45, 7) is 3.56. The molecule has 5 rings (SSSR count). The molecule has 3 aromatic rings. The van der Waals surface area contributed by atoms with Gasteiger partial charge >= 0.3 is 0 Å². The summed E-state index contributed by atoms with van der Waals surface area (Å²) in [7, 11) is 0. The van der Waals surface area contributed by atoms with Crippen LogP contribution in [0.25, 0.3) is 11.3 Å². The highest BCUT2D eigenvalue weighted by Crippen LogP contribution is 2.34. The molecule has 1 saturated carbocycles. The van der Waals surface area contributed by atoms with Gasteiger partial charge in [0.1, 0.15) is 0 Å². The summed E-state index contributed by atoms with van der Waals surface area (Å²) in [5.41, 5.74) is 2.49. The second-order valence-electron chi connectivity index (χ2n) is 8.21. The number of hydrogen-bond donors (Lipinski definition) is 0. The summed E-state index contributed by atoms with van der Waals surface area (Å²) in [6, 6.07) is 8.25. The van der Waals surface area contributed by atoms with Crippen LogP contribution in [-0.4, -0.2) is 50.9 Å². The fourth-order valence-corrected chi connectivity index (χ4v) is 4.39. The highest BCUT2D eigenvalue weighted by molar-refractivity contribution is 6.30. The lowest BCUT2D eigenvalue weighted by atomic mass is 10.0. The van der Waals surface area contributed by atoms with Crippen LogP contribution in [0, 0.1) is 6.92 Å². The molecule has 1 aliphatic carbocycles. The van der Waals surface area contributed by atoms with Gasteiger partial charge in [0.15, 0.2) is 12.2 Å². The third-order valence-electron chi connectivity index (χ3n) is 6.06. The molecule has 160 valence electrons.